The Hall–Kier alpha value is -2.08. The molecule has 4 rings (SSSR count). The summed E-state index contributed by atoms with van der Waals surface area (Å²) < 4.78 is 5.25. The lowest BCUT2D eigenvalue weighted by molar-refractivity contribution is -0.132. The van der Waals surface area contributed by atoms with Crippen molar-refractivity contribution in [2.45, 2.75) is 38.1 Å². The maximum atomic E-state index is 12.8. The largest absolute Gasteiger partial charge is 0.497 e. The normalized spacial score (nSPS) is 23.8. The molecular weight excluding hydrogens is 354 g/mol. The van der Waals surface area contributed by atoms with Gasteiger partial charge < -0.3 is 14.5 Å². The van der Waals surface area contributed by atoms with E-state index in [0.717, 1.165) is 62.8 Å². The summed E-state index contributed by atoms with van der Waals surface area (Å²) >= 11 is 0. The third kappa shape index (κ3) is 4.49. The molecule has 6 nitrogen and oxygen atoms in total. The monoisotopic (exact) mass is 385 g/mol. The van der Waals surface area contributed by atoms with E-state index in [0.29, 0.717) is 18.9 Å². The number of carbonyl (C=O) groups is 2. The molecule has 1 atom stereocenters. The molecule has 2 saturated heterocycles. The van der Waals surface area contributed by atoms with E-state index < -0.39 is 0 Å². The van der Waals surface area contributed by atoms with Crippen LogP contribution in [0.15, 0.2) is 24.3 Å². The van der Waals surface area contributed by atoms with Gasteiger partial charge in [0.15, 0.2) is 0 Å². The van der Waals surface area contributed by atoms with Gasteiger partial charge in [-0.15, -0.1) is 0 Å². The fourth-order valence-corrected chi connectivity index (χ4v) is 4.42. The third-order valence-corrected chi connectivity index (χ3v) is 6.26. The maximum Gasteiger partial charge on any atom is 0.240 e. The average Bonchev–Trinajstić information content (AvgIpc) is 3.49. The van der Waals surface area contributed by atoms with Crippen LogP contribution in [0.1, 0.15) is 31.2 Å². The van der Waals surface area contributed by atoms with Crippen molar-refractivity contribution in [1.29, 1.82) is 0 Å². The van der Waals surface area contributed by atoms with Crippen LogP contribution in [0, 0.1) is 5.92 Å². The van der Waals surface area contributed by atoms with Gasteiger partial charge in [0.1, 0.15) is 5.75 Å². The summed E-state index contributed by atoms with van der Waals surface area (Å²) in [6, 6.07) is 7.73. The Balaban J connectivity index is 1.30. The van der Waals surface area contributed by atoms with Crippen molar-refractivity contribution in [2.24, 2.45) is 5.92 Å². The molecule has 0 radical (unpaired) electrons. The minimum absolute atomic E-state index is 0.0205. The molecule has 28 heavy (non-hydrogen) atoms. The zero-order valence-corrected chi connectivity index (χ0v) is 16.8. The summed E-state index contributed by atoms with van der Waals surface area (Å²) in [6.07, 6.45) is 4.82. The number of carbonyl (C=O) groups excluding carboxylic acids is 2. The van der Waals surface area contributed by atoms with Gasteiger partial charge in [-0.1, -0.05) is 12.1 Å². The summed E-state index contributed by atoms with van der Waals surface area (Å²) in [5.74, 6) is 1.99. The Morgan fingerprint density at radius 3 is 2.75 bits per heavy atom. The van der Waals surface area contributed by atoms with E-state index in [1.165, 1.54) is 12.8 Å². The number of rotatable bonds is 6. The Bertz CT molecular complexity index is 719. The number of benzene rings is 1. The Morgan fingerprint density at radius 1 is 1.11 bits per heavy atom. The minimum Gasteiger partial charge on any atom is -0.497 e. The summed E-state index contributed by atoms with van der Waals surface area (Å²) in [7, 11) is 1.64. The molecule has 0 N–H and O–H groups in total. The van der Waals surface area contributed by atoms with Gasteiger partial charge >= 0.3 is 0 Å². The highest BCUT2D eigenvalue weighted by molar-refractivity contribution is 5.84. The second-order valence-corrected chi connectivity index (χ2v) is 8.33. The van der Waals surface area contributed by atoms with Crippen molar-refractivity contribution in [1.82, 2.24) is 14.7 Å². The summed E-state index contributed by atoms with van der Waals surface area (Å²) in [6.45, 7) is 5.01. The molecule has 3 fully saturated rings. The smallest absolute Gasteiger partial charge is 0.240 e. The first-order chi connectivity index (χ1) is 13.6. The summed E-state index contributed by atoms with van der Waals surface area (Å²) in [4.78, 5) is 31.9. The van der Waals surface area contributed by atoms with Crippen LogP contribution in [0.3, 0.4) is 0 Å². The first-order valence-electron chi connectivity index (χ1n) is 10.6. The SMILES string of the molecule is COc1cccc(CC(=O)N2CCCN(C3CCN(CC4CC4)C3=O)CC2)c1. The van der Waals surface area contributed by atoms with Crippen LogP contribution in [-0.4, -0.2) is 78.9 Å². The van der Waals surface area contributed by atoms with Crippen LogP contribution in [0.25, 0.3) is 0 Å². The van der Waals surface area contributed by atoms with Crippen molar-refractivity contribution >= 4 is 11.8 Å². The molecule has 0 bridgehead atoms. The zero-order valence-electron chi connectivity index (χ0n) is 16.8. The van der Waals surface area contributed by atoms with Gasteiger partial charge in [0.2, 0.25) is 11.8 Å². The lowest BCUT2D eigenvalue weighted by atomic mass is 10.1. The van der Waals surface area contributed by atoms with Gasteiger partial charge in [0.05, 0.1) is 19.6 Å². The van der Waals surface area contributed by atoms with Crippen LogP contribution in [0.2, 0.25) is 0 Å². The van der Waals surface area contributed by atoms with E-state index in [1.807, 2.05) is 29.2 Å². The van der Waals surface area contributed by atoms with Crippen LogP contribution in [0.4, 0.5) is 0 Å². The number of likely N-dealkylation sites (tertiary alicyclic amines) is 1. The first-order valence-corrected chi connectivity index (χ1v) is 10.6. The molecule has 1 aromatic rings. The summed E-state index contributed by atoms with van der Waals surface area (Å²) in [5.41, 5.74) is 0.979. The molecule has 2 heterocycles. The van der Waals surface area contributed by atoms with Gasteiger partial charge in [0.25, 0.3) is 0 Å². The fraction of sp³-hybridized carbons (Fsp3) is 0.636. The summed E-state index contributed by atoms with van der Waals surface area (Å²) in [5, 5.41) is 0. The molecule has 3 aliphatic rings. The topological polar surface area (TPSA) is 53.1 Å². The van der Waals surface area contributed by atoms with Crippen LogP contribution < -0.4 is 4.74 Å². The lowest BCUT2D eigenvalue weighted by Crippen LogP contribution is -2.44. The number of hydrogen-bond acceptors (Lipinski definition) is 4. The molecule has 2 amide bonds. The molecule has 0 spiro atoms. The molecular formula is C22H31N3O3. The van der Waals surface area contributed by atoms with Crippen molar-refractivity contribution in [2.75, 3.05) is 46.4 Å². The molecule has 1 aromatic carbocycles. The highest BCUT2D eigenvalue weighted by Gasteiger charge is 2.38. The number of hydrogen-bond donors (Lipinski definition) is 0. The van der Waals surface area contributed by atoms with Crippen LogP contribution >= 0.6 is 0 Å². The van der Waals surface area contributed by atoms with Crippen molar-refractivity contribution in [3.8, 4) is 5.75 Å². The van der Waals surface area contributed by atoms with Gasteiger partial charge in [-0.3, -0.25) is 14.5 Å². The molecule has 1 aliphatic carbocycles. The molecule has 1 unspecified atom stereocenters. The van der Waals surface area contributed by atoms with Gasteiger partial charge in [-0.25, -0.2) is 0 Å². The zero-order chi connectivity index (χ0) is 19.5. The van der Waals surface area contributed by atoms with E-state index >= 15 is 0 Å². The first kappa shape index (κ1) is 19.2. The van der Waals surface area contributed by atoms with E-state index in [4.69, 9.17) is 4.74 Å². The van der Waals surface area contributed by atoms with E-state index in [9.17, 15) is 9.59 Å². The van der Waals surface area contributed by atoms with E-state index in [1.54, 1.807) is 7.11 Å². The Labute approximate surface area is 167 Å². The van der Waals surface area contributed by atoms with E-state index in [2.05, 4.69) is 9.80 Å². The standard InChI is InChI=1S/C22H31N3O3/c1-28-19-5-2-4-18(14-19)15-21(26)24-10-3-9-23(12-13-24)20-8-11-25(22(20)27)16-17-6-7-17/h2,4-5,14,17,20H,3,6-13,15-16H2,1H3. The average molecular weight is 386 g/mol. The molecule has 6 heteroatoms. The predicted octanol–water partition coefficient (Wildman–Crippen LogP) is 1.78. The Kier molecular flexibility index (Phi) is 5.85. The van der Waals surface area contributed by atoms with E-state index in [-0.39, 0.29) is 11.9 Å². The number of nitrogens with zero attached hydrogens (tertiary/aromatic N) is 3. The van der Waals surface area contributed by atoms with Crippen molar-refractivity contribution < 1.29 is 14.3 Å². The van der Waals surface area contributed by atoms with Gasteiger partial charge in [-0.05, 0) is 49.3 Å². The lowest BCUT2D eigenvalue weighted by Gasteiger charge is -2.26. The third-order valence-electron chi connectivity index (χ3n) is 6.26. The molecule has 0 aromatic heterocycles. The highest BCUT2D eigenvalue weighted by Crippen LogP contribution is 2.31. The van der Waals surface area contributed by atoms with Crippen molar-refractivity contribution in [3.63, 3.8) is 0 Å². The van der Waals surface area contributed by atoms with Gasteiger partial charge in [-0.2, -0.15) is 0 Å². The predicted molar refractivity (Wildman–Crippen MR) is 107 cm³/mol. The number of ether oxygens (including phenoxy) is 1. The fourth-order valence-electron chi connectivity index (χ4n) is 4.42. The second kappa shape index (κ2) is 8.52. The Morgan fingerprint density at radius 2 is 1.96 bits per heavy atom. The van der Waals surface area contributed by atoms with Crippen LogP contribution in [-0.2, 0) is 16.0 Å². The number of amides is 2. The van der Waals surface area contributed by atoms with Gasteiger partial charge in [0, 0.05) is 39.3 Å². The van der Waals surface area contributed by atoms with Crippen molar-refractivity contribution in [3.05, 3.63) is 29.8 Å². The van der Waals surface area contributed by atoms with Crippen LogP contribution in [0.5, 0.6) is 5.75 Å². The maximum absolute atomic E-state index is 12.8. The highest BCUT2D eigenvalue weighted by atomic mass is 16.5. The quantitative estimate of drug-likeness (QED) is 0.749. The minimum atomic E-state index is 0.0205. The molecule has 2 aliphatic heterocycles. The second-order valence-electron chi connectivity index (χ2n) is 8.33. The molecule has 1 saturated carbocycles. The molecule has 152 valence electrons. The number of methoxy groups -OCH3 is 1.